The normalized spacial score (nSPS) is 17.7. The number of hydrogen-bond acceptors (Lipinski definition) is 2. The van der Waals surface area contributed by atoms with Crippen LogP contribution in [0.3, 0.4) is 0 Å². The molecule has 0 atom stereocenters. The summed E-state index contributed by atoms with van der Waals surface area (Å²) in [5.74, 6) is 0. The monoisotopic (exact) mass is 405 g/mol. The number of H-pyrrole nitrogens is 1. The highest BCUT2D eigenvalue weighted by Gasteiger charge is 2.20. The van der Waals surface area contributed by atoms with Crippen molar-refractivity contribution in [2.75, 3.05) is 0 Å². The maximum absolute atomic E-state index is 4.98. The molecule has 0 radical (unpaired) electrons. The second kappa shape index (κ2) is 7.05. The van der Waals surface area contributed by atoms with E-state index < -0.39 is 0 Å². The molecule has 0 unspecified atom stereocenters. The molecule has 8 bridgehead atoms. The van der Waals surface area contributed by atoms with Gasteiger partial charge in [-0.25, -0.2) is 9.98 Å². The maximum Gasteiger partial charge on any atom is 0.0691 e. The molecule has 3 heteroatoms. The number of allylic oxidation sites excluding steroid dienone is 5. The van der Waals surface area contributed by atoms with Gasteiger partial charge in [0.2, 0.25) is 0 Å². The molecule has 5 rings (SSSR count). The third-order valence-electron chi connectivity index (χ3n) is 6.86. The van der Waals surface area contributed by atoms with Crippen molar-refractivity contribution < 1.29 is 0 Å². The first kappa shape index (κ1) is 19.5. The summed E-state index contributed by atoms with van der Waals surface area (Å²) < 4.78 is 0. The van der Waals surface area contributed by atoms with Crippen molar-refractivity contribution in [2.45, 2.75) is 41.5 Å². The van der Waals surface area contributed by atoms with Crippen LogP contribution in [0, 0.1) is 13.8 Å². The highest BCUT2D eigenvalue weighted by Crippen LogP contribution is 2.31. The zero-order chi connectivity index (χ0) is 21.9. The van der Waals surface area contributed by atoms with Crippen LogP contribution in [0.25, 0.3) is 18.2 Å². The Balaban J connectivity index is 1.84. The van der Waals surface area contributed by atoms with Gasteiger partial charge in [0.15, 0.2) is 0 Å². The number of benzene rings is 1. The van der Waals surface area contributed by atoms with E-state index in [1.807, 2.05) is 0 Å². The molecular weight excluding hydrogens is 378 g/mol. The van der Waals surface area contributed by atoms with Crippen LogP contribution >= 0.6 is 0 Å². The van der Waals surface area contributed by atoms with E-state index in [1.165, 1.54) is 39.0 Å². The largest absolute Gasteiger partial charge is 0.355 e. The lowest BCUT2D eigenvalue weighted by Gasteiger charge is -2.00. The van der Waals surface area contributed by atoms with Gasteiger partial charge in [-0.2, -0.15) is 0 Å². The van der Waals surface area contributed by atoms with Gasteiger partial charge >= 0.3 is 0 Å². The van der Waals surface area contributed by atoms with E-state index >= 15 is 0 Å². The molecule has 3 aliphatic rings. The molecule has 1 aromatic heterocycles. The minimum absolute atomic E-state index is 0.998. The number of hydrogen-bond donors (Lipinski definition) is 1. The Bertz CT molecular complexity index is 1460. The van der Waals surface area contributed by atoms with E-state index in [2.05, 4.69) is 95.1 Å². The highest BCUT2D eigenvalue weighted by molar-refractivity contribution is 6.23. The Morgan fingerprint density at radius 3 is 1.74 bits per heavy atom. The Hall–Kier alpha value is -3.46. The fourth-order valence-corrected chi connectivity index (χ4v) is 4.28. The molecule has 2 aromatic rings. The van der Waals surface area contributed by atoms with Gasteiger partial charge in [0.25, 0.3) is 0 Å². The van der Waals surface area contributed by atoms with Crippen molar-refractivity contribution in [3.05, 3.63) is 97.0 Å². The summed E-state index contributed by atoms with van der Waals surface area (Å²) >= 11 is 0. The van der Waals surface area contributed by atoms with Crippen LogP contribution in [-0.4, -0.2) is 16.4 Å². The lowest BCUT2D eigenvalue weighted by atomic mass is 10.0. The van der Waals surface area contributed by atoms with Crippen molar-refractivity contribution >= 4 is 29.7 Å². The molecule has 0 amide bonds. The van der Waals surface area contributed by atoms with Crippen molar-refractivity contribution in [3.8, 4) is 0 Å². The van der Waals surface area contributed by atoms with Gasteiger partial charge in [0.1, 0.15) is 0 Å². The zero-order valence-electron chi connectivity index (χ0n) is 19.0. The Labute approximate surface area is 183 Å². The summed E-state index contributed by atoms with van der Waals surface area (Å²) in [6.07, 6.45) is 8.71. The first-order chi connectivity index (χ1) is 14.8. The van der Waals surface area contributed by atoms with Crippen molar-refractivity contribution in [3.63, 3.8) is 0 Å². The van der Waals surface area contributed by atoms with Gasteiger partial charge in [-0.15, -0.1) is 0 Å². The van der Waals surface area contributed by atoms with Crippen LogP contribution in [0.15, 0.2) is 74.0 Å². The molecule has 1 N–H and O–H groups in total. The van der Waals surface area contributed by atoms with Gasteiger partial charge in [0.05, 0.1) is 22.8 Å². The van der Waals surface area contributed by atoms with E-state index in [0.29, 0.717) is 0 Å². The number of nitrogens with zero attached hydrogens (tertiary/aromatic N) is 2. The quantitative estimate of drug-likeness (QED) is 0.636. The summed E-state index contributed by atoms with van der Waals surface area (Å²) in [5, 5.41) is 2.26. The zero-order valence-corrected chi connectivity index (χ0v) is 19.0. The molecule has 0 saturated heterocycles. The van der Waals surface area contributed by atoms with E-state index in [4.69, 9.17) is 9.98 Å². The third-order valence-corrected chi connectivity index (χ3v) is 6.86. The Morgan fingerprint density at radius 1 is 0.581 bits per heavy atom. The number of aromatic amines is 1. The lowest BCUT2D eigenvalue weighted by molar-refractivity contribution is 1.25. The Kier molecular flexibility index (Phi) is 4.44. The topological polar surface area (TPSA) is 40.5 Å². The minimum atomic E-state index is 0.998. The second-order valence-electron chi connectivity index (χ2n) is 8.71. The van der Waals surface area contributed by atoms with Gasteiger partial charge in [-0.05, 0) is 116 Å². The molecule has 0 spiro atoms. The van der Waals surface area contributed by atoms with E-state index in [1.54, 1.807) is 0 Å². The van der Waals surface area contributed by atoms with E-state index in [-0.39, 0.29) is 0 Å². The van der Waals surface area contributed by atoms with Gasteiger partial charge in [-0.3, -0.25) is 0 Å². The van der Waals surface area contributed by atoms with E-state index in [0.717, 1.165) is 39.1 Å². The molecular formula is C28H27N3. The number of fused-ring (bicyclic) bond motifs is 6. The maximum atomic E-state index is 4.98. The molecule has 31 heavy (non-hydrogen) atoms. The van der Waals surface area contributed by atoms with Crippen LogP contribution in [0.1, 0.15) is 49.9 Å². The SMILES string of the molecule is CC1=C(C)C2=NC1=Cc1cccc(c1)C=c1[nH]c(c(C)c1C)=CC1=NC(=C2)C(C)=C1C. The molecule has 1 aromatic carbocycles. The van der Waals surface area contributed by atoms with Gasteiger partial charge in [-0.1, -0.05) is 18.2 Å². The third kappa shape index (κ3) is 3.21. The van der Waals surface area contributed by atoms with Crippen LogP contribution < -0.4 is 10.7 Å². The molecule has 0 aliphatic carbocycles. The minimum Gasteiger partial charge on any atom is -0.355 e. The molecule has 4 heterocycles. The Morgan fingerprint density at radius 2 is 1.10 bits per heavy atom. The smallest absolute Gasteiger partial charge is 0.0691 e. The summed E-state index contributed by atoms with van der Waals surface area (Å²) in [4.78, 5) is 13.6. The first-order valence-electron chi connectivity index (χ1n) is 10.8. The average Bonchev–Trinajstić information content (AvgIpc) is 3.27. The predicted molar refractivity (Wildman–Crippen MR) is 132 cm³/mol. The lowest BCUT2D eigenvalue weighted by Crippen LogP contribution is -2.13. The number of aromatic nitrogens is 1. The molecule has 154 valence electrons. The fraction of sp³-hybridized carbons (Fsp3) is 0.214. The summed E-state index contributed by atoms with van der Waals surface area (Å²) in [7, 11) is 0. The number of nitrogens with one attached hydrogen (secondary N) is 1. The van der Waals surface area contributed by atoms with Crippen LogP contribution in [0.4, 0.5) is 0 Å². The van der Waals surface area contributed by atoms with Crippen molar-refractivity contribution in [1.82, 2.24) is 4.98 Å². The fourth-order valence-electron chi connectivity index (χ4n) is 4.28. The molecule has 3 nitrogen and oxygen atoms in total. The van der Waals surface area contributed by atoms with Gasteiger partial charge in [0, 0.05) is 10.7 Å². The van der Waals surface area contributed by atoms with Crippen LogP contribution in [0.5, 0.6) is 0 Å². The van der Waals surface area contributed by atoms with Crippen molar-refractivity contribution in [2.24, 2.45) is 9.98 Å². The van der Waals surface area contributed by atoms with Crippen LogP contribution in [0.2, 0.25) is 0 Å². The molecule has 3 aliphatic heterocycles. The molecule has 0 fully saturated rings. The standard InChI is InChI=1S/C28H27N3/c1-15-17(3)25-13-27-19(5)20(6)28(31-27)14-26-18(4)16(2)24(30-26)12-22-9-7-8-21(10-22)11-23(15)29-25/h7-14,29H,1-6H3. The van der Waals surface area contributed by atoms with Crippen LogP contribution in [-0.2, 0) is 0 Å². The molecule has 0 saturated carbocycles. The highest BCUT2D eigenvalue weighted by atomic mass is 14.8. The van der Waals surface area contributed by atoms with Crippen molar-refractivity contribution in [1.29, 1.82) is 0 Å². The van der Waals surface area contributed by atoms with E-state index in [9.17, 15) is 0 Å². The second-order valence-corrected chi connectivity index (χ2v) is 8.71. The summed E-state index contributed by atoms with van der Waals surface area (Å²) in [6.45, 7) is 12.9. The summed E-state index contributed by atoms with van der Waals surface area (Å²) in [5.41, 5.74) is 13.7. The average molecular weight is 406 g/mol. The number of rotatable bonds is 0. The first-order valence-corrected chi connectivity index (χ1v) is 10.8. The van der Waals surface area contributed by atoms with Gasteiger partial charge < -0.3 is 4.98 Å². The predicted octanol–water partition coefficient (Wildman–Crippen LogP) is 5.06. The number of aliphatic imine (C=N–C) groups is 2. The summed E-state index contributed by atoms with van der Waals surface area (Å²) in [6, 6.07) is 8.61.